The lowest BCUT2D eigenvalue weighted by atomic mass is 9.62. The summed E-state index contributed by atoms with van der Waals surface area (Å²) in [6.45, 7) is 19.1. The zero-order valence-corrected chi connectivity index (χ0v) is 16.2. The molecule has 2 nitrogen and oxygen atoms in total. The molecule has 0 spiro atoms. The van der Waals surface area contributed by atoms with Crippen molar-refractivity contribution in [2.75, 3.05) is 6.61 Å². The van der Waals surface area contributed by atoms with Gasteiger partial charge in [0.25, 0.3) is 0 Å². The van der Waals surface area contributed by atoms with Gasteiger partial charge in [-0.3, -0.25) is 0 Å². The summed E-state index contributed by atoms with van der Waals surface area (Å²) >= 11 is 0. The van der Waals surface area contributed by atoms with E-state index in [1.54, 1.807) is 0 Å². The Balaban J connectivity index is 2.00. The van der Waals surface area contributed by atoms with Gasteiger partial charge in [-0.25, -0.2) is 9.78 Å². The van der Waals surface area contributed by atoms with E-state index < -0.39 is 0 Å². The van der Waals surface area contributed by atoms with Crippen LogP contribution in [0.4, 0.5) is 0 Å². The fourth-order valence-corrected chi connectivity index (χ4v) is 4.80. The van der Waals surface area contributed by atoms with Crippen molar-refractivity contribution in [2.45, 2.75) is 86.7 Å². The predicted molar refractivity (Wildman–Crippen MR) is 92.5 cm³/mol. The molecule has 0 aromatic carbocycles. The SMILES string of the molecule is CC1CC2CCCC2C1(C)OOCC(C)(C(C)C)C(C)(C)C. The molecule has 0 N–H and O–H groups in total. The summed E-state index contributed by atoms with van der Waals surface area (Å²) in [5.74, 6) is 2.72. The van der Waals surface area contributed by atoms with Gasteiger partial charge in [0.2, 0.25) is 0 Å². The highest BCUT2D eigenvalue weighted by Gasteiger charge is 2.54. The minimum atomic E-state index is -0.0864. The maximum absolute atomic E-state index is 6.16. The Morgan fingerprint density at radius 1 is 1.14 bits per heavy atom. The van der Waals surface area contributed by atoms with Gasteiger partial charge in [0.1, 0.15) is 5.60 Å². The Kier molecular flexibility index (Phi) is 5.06. The minimum absolute atomic E-state index is 0.0864. The molecular weight excluding hydrogens is 272 g/mol. The second-order valence-corrected chi connectivity index (χ2v) is 9.79. The van der Waals surface area contributed by atoms with Crippen molar-refractivity contribution in [3.63, 3.8) is 0 Å². The van der Waals surface area contributed by atoms with Crippen LogP contribution in [0.3, 0.4) is 0 Å². The van der Waals surface area contributed by atoms with E-state index in [-0.39, 0.29) is 16.4 Å². The third-order valence-electron chi connectivity index (χ3n) is 7.61. The Hall–Kier alpha value is -0.0800. The summed E-state index contributed by atoms with van der Waals surface area (Å²) < 4.78 is 0. The number of hydrogen-bond donors (Lipinski definition) is 0. The second-order valence-electron chi connectivity index (χ2n) is 9.79. The lowest BCUT2D eigenvalue weighted by Gasteiger charge is -2.45. The highest BCUT2D eigenvalue weighted by Crippen LogP contribution is 2.54. The van der Waals surface area contributed by atoms with Crippen molar-refractivity contribution in [3.8, 4) is 0 Å². The van der Waals surface area contributed by atoms with E-state index in [9.17, 15) is 0 Å². The largest absolute Gasteiger partial charge is 0.236 e. The van der Waals surface area contributed by atoms with E-state index in [4.69, 9.17) is 9.78 Å². The van der Waals surface area contributed by atoms with Gasteiger partial charge in [0.15, 0.2) is 0 Å². The lowest BCUT2D eigenvalue weighted by molar-refractivity contribution is -0.389. The van der Waals surface area contributed by atoms with Crippen LogP contribution in [-0.4, -0.2) is 12.2 Å². The summed E-state index contributed by atoms with van der Waals surface area (Å²) in [5, 5.41) is 0. The van der Waals surface area contributed by atoms with Gasteiger partial charge in [-0.15, -0.1) is 0 Å². The smallest absolute Gasteiger partial charge is 0.106 e. The van der Waals surface area contributed by atoms with E-state index in [0.717, 1.165) is 5.92 Å². The molecule has 0 saturated heterocycles. The fraction of sp³-hybridized carbons (Fsp3) is 1.00. The van der Waals surface area contributed by atoms with Crippen LogP contribution in [-0.2, 0) is 9.78 Å². The Morgan fingerprint density at radius 2 is 1.77 bits per heavy atom. The summed E-state index contributed by atoms with van der Waals surface area (Å²) in [7, 11) is 0. The van der Waals surface area contributed by atoms with Gasteiger partial charge in [0.05, 0.1) is 6.61 Å². The van der Waals surface area contributed by atoms with Gasteiger partial charge in [-0.1, -0.05) is 61.3 Å². The molecule has 0 aromatic rings. The molecule has 0 radical (unpaired) electrons. The monoisotopic (exact) mass is 310 g/mol. The molecular formula is C20H38O2. The summed E-state index contributed by atoms with van der Waals surface area (Å²) in [6, 6.07) is 0. The van der Waals surface area contributed by atoms with Crippen LogP contribution in [0.1, 0.15) is 81.1 Å². The molecule has 0 aromatic heterocycles. The van der Waals surface area contributed by atoms with Crippen molar-refractivity contribution in [1.82, 2.24) is 0 Å². The van der Waals surface area contributed by atoms with E-state index in [2.05, 4.69) is 55.4 Å². The first kappa shape index (κ1) is 18.3. The standard InChI is InChI=1S/C20H38O2/c1-14(2)19(7,18(4,5)6)13-21-22-20(8)15(3)12-16-10-9-11-17(16)20/h14-17H,9-13H2,1-8H3. The molecule has 130 valence electrons. The molecule has 2 rings (SSSR count). The van der Waals surface area contributed by atoms with Crippen LogP contribution in [0.15, 0.2) is 0 Å². The van der Waals surface area contributed by atoms with Gasteiger partial charge in [-0.2, -0.15) is 0 Å². The van der Waals surface area contributed by atoms with Gasteiger partial charge >= 0.3 is 0 Å². The van der Waals surface area contributed by atoms with Gasteiger partial charge in [-0.05, 0) is 48.9 Å². The van der Waals surface area contributed by atoms with Crippen molar-refractivity contribution in [3.05, 3.63) is 0 Å². The van der Waals surface area contributed by atoms with E-state index >= 15 is 0 Å². The lowest BCUT2D eigenvalue weighted by Crippen LogP contribution is -2.44. The van der Waals surface area contributed by atoms with Crippen LogP contribution in [0, 0.1) is 34.5 Å². The van der Waals surface area contributed by atoms with Crippen LogP contribution < -0.4 is 0 Å². The normalized spacial score (nSPS) is 38.3. The fourth-order valence-electron chi connectivity index (χ4n) is 4.80. The average Bonchev–Trinajstić information content (AvgIpc) is 2.92. The van der Waals surface area contributed by atoms with Crippen LogP contribution in [0.2, 0.25) is 0 Å². The maximum Gasteiger partial charge on any atom is 0.106 e. The van der Waals surface area contributed by atoms with Crippen LogP contribution in [0.5, 0.6) is 0 Å². The molecule has 0 aliphatic heterocycles. The third kappa shape index (κ3) is 2.98. The molecule has 2 aliphatic rings. The van der Waals surface area contributed by atoms with E-state index in [1.807, 2.05) is 0 Å². The highest BCUT2D eigenvalue weighted by molar-refractivity contribution is 5.01. The topological polar surface area (TPSA) is 18.5 Å². The Labute approximate surface area is 138 Å². The highest BCUT2D eigenvalue weighted by atomic mass is 17.2. The Bertz CT molecular complexity index is 384. The van der Waals surface area contributed by atoms with Crippen molar-refractivity contribution < 1.29 is 9.78 Å². The minimum Gasteiger partial charge on any atom is -0.236 e. The molecule has 0 bridgehead atoms. The summed E-state index contributed by atoms with van der Waals surface area (Å²) in [4.78, 5) is 12.1. The van der Waals surface area contributed by atoms with Crippen molar-refractivity contribution in [1.29, 1.82) is 0 Å². The first-order valence-electron chi connectivity index (χ1n) is 9.33. The van der Waals surface area contributed by atoms with E-state index in [1.165, 1.54) is 25.7 Å². The molecule has 5 unspecified atom stereocenters. The molecule has 2 heteroatoms. The molecule has 2 saturated carbocycles. The average molecular weight is 311 g/mol. The molecule has 5 atom stereocenters. The number of fused-ring (bicyclic) bond motifs is 1. The number of rotatable bonds is 5. The maximum atomic E-state index is 6.16. The zero-order chi connectivity index (χ0) is 16.8. The van der Waals surface area contributed by atoms with Crippen LogP contribution in [0.25, 0.3) is 0 Å². The molecule has 22 heavy (non-hydrogen) atoms. The van der Waals surface area contributed by atoms with Gasteiger partial charge < -0.3 is 0 Å². The summed E-state index contributed by atoms with van der Waals surface area (Å²) in [5.41, 5.74) is 0.222. The second kappa shape index (κ2) is 6.09. The van der Waals surface area contributed by atoms with Crippen molar-refractivity contribution >= 4 is 0 Å². The third-order valence-corrected chi connectivity index (χ3v) is 7.61. The molecule has 0 amide bonds. The van der Waals surface area contributed by atoms with Gasteiger partial charge in [0, 0.05) is 5.41 Å². The Morgan fingerprint density at radius 3 is 2.32 bits per heavy atom. The molecule has 0 heterocycles. The number of hydrogen-bond acceptors (Lipinski definition) is 2. The molecule has 2 fully saturated rings. The van der Waals surface area contributed by atoms with Crippen molar-refractivity contribution in [2.24, 2.45) is 34.5 Å². The quantitative estimate of drug-likeness (QED) is 0.468. The van der Waals surface area contributed by atoms with E-state index in [0.29, 0.717) is 24.4 Å². The predicted octanol–water partition coefficient (Wildman–Crippen LogP) is 5.86. The first-order valence-corrected chi connectivity index (χ1v) is 9.33. The molecule has 2 aliphatic carbocycles. The zero-order valence-electron chi connectivity index (χ0n) is 16.2. The first-order chi connectivity index (χ1) is 10.0. The summed E-state index contributed by atoms with van der Waals surface area (Å²) in [6.07, 6.45) is 5.38. The van der Waals surface area contributed by atoms with Crippen LogP contribution >= 0.6 is 0 Å².